The Morgan fingerprint density at radius 2 is 2.38 bits per heavy atom. The molecule has 0 bridgehead atoms. The van der Waals surface area contributed by atoms with Crippen LogP contribution in [0.15, 0.2) is 18.3 Å². The first-order valence-corrected chi connectivity index (χ1v) is 7.01. The standard InChI is InChI=1S/C16H20N2O3/c1-16(2)10-13(7-9-21-16)18-15(20)14-6-5-12(11-17-14)4-3-8-19/h5-6,11,13,19H,7-10H2,1-2H3,(H,18,20). The summed E-state index contributed by atoms with van der Waals surface area (Å²) in [6, 6.07) is 3.47. The van der Waals surface area contributed by atoms with Crippen LogP contribution in [-0.4, -0.2) is 40.9 Å². The first-order chi connectivity index (χ1) is 10.00. The quantitative estimate of drug-likeness (QED) is 0.800. The van der Waals surface area contributed by atoms with Gasteiger partial charge in [0.2, 0.25) is 0 Å². The van der Waals surface area contributed by atoms with Gasteiger partial charge in [-0.1, -0.05) is 11.8 Å². The van der Waals surface area contributed by atoms with Gasteiger partial charge in [-0.25, -0.2) is 4.98 Å². The van der Waals surface area contributed by atoms with Crippen molar-refractivity contribution in [3.8, 4) is 11.8 Å². The smallest absolute Gasteiger partial charge is 0.270 e. The molecule has 0 aliphatic carbocycles. The zero-order valence-electron chi connectivity index (χ0n) is 12.3. The van der Waals surface area contributed by atoms with Crippen LogP contribution >= 0.6 is 0 Å². The summed E-state index contributed by atoms with van der Waals surface area (Å²) in [4.78, 5) is 16.3. The van der Waals surface area contributed by atoms with E-state index in [1.54, 1.807) is 12.1 Å². The second-order valence-electron chi connectivity index (χ2n) is 5.66. The number of aromatic nitrogens is 1. The number of carbonyl (C=O) groups excluding carboxylic acids is 1. The Labute approximate surface area is 124 Å². The Morgan fingerprint density at radius 1 is 1.57 bits per heavy atom. The number of pyridine rings is 1. The molecule has 2 rings (SSSR count). The fourth-order valence-electron chi connectivity index (χ4n) is 2.36. The predicted octanol–water partition coefficient (Wildman–Crippen LogP) is 1.11. The van der Waals surface area contributed by atoms with Gasteiger partial charge in [0.15, 0.2) is 0 Å². The first kappa shape index (κ1) is 15.5. The topological polar surface area (TPSA) is 71.5 Å². The van der Waals surface area contributed by atoms with Gasteiger partial charge in [0, 0.05) is 24.4 Å². The first-order valence-electron chi connectivity index (χ1n) is 7.01. The number of hydrogen-bond acceptors (Lipinski definition) is 4. The van der Waals surface area contributed by atoms with Gasteiger partial charge in [-0.15, -0.1) is 0 Å². The maximum absolute atomic E-state index is 12.2. The molecule has 112 valence electrons. The van der Waals surface area contributed by atoms with E-state index in [0.29, 0.717) is 17.9 Å². The molecule has 1 aliphatic rings. The molecule has 5 nitrogen and oxygen atoms in total. The maximum atomic E-state index is 12.2. The monoisotopic (exact) mass is 288 g/mol. The molecule has 1 atom stereocenters. The lowest BCUT2D eigenvalue weighted by Crippen LogP contribution is -2.45. The van der Waals surface area contributed by atoms with Crippen molar-refractivity contribution in [3.05, 3.63) is 29.6 Å². The number of aliphatic hydroxyl groups is 1. The van der Waals surface area contributed by atoms with Gasteiger partial charge < -0.3 is 15.2 Å². The van der Waals surface area contributed by atoms with Crippen LogP contribution in [0.4, 0.5) is 0 Å². The Balaban J connectivity index is 1.97. The Morgan fingerprint density at radius 3 is 3.00 bits per heavy atom. The van der Waals surface area contributed by atoms with Gasteiger partial charge in [-0.3, -0.25) is 4.79 Å². The Bertz CT molecular complexity index is 555. The summed E-state index contributed by atoms with van der Waals surface area (Å²) < 4.78 is 5.63. The van der Waals surface area contributed by atoms with Crippen molar-refractivity contribution in [1.29, 1.82) is 0 Å². The molecule has 1 aromatic rings. The molecule has 0 aromatic carbocycles. The number of nitrogens with zero attached hydrogens (tertiary/aromatic N) is 1. The number of amides is 1. The number of nitrogens with one attached hydrogen (secondary N) is 1. The van der Waals surface area contributed by atoms with Gasteiger partial charge in [0.1, 0.15) is 12.3 Å². The highest BCUT2D eigenvalue weighted by Gasteiger charge is 2.29. The number of hydrogen-bond donors (Lipinski definition) is 2. The molecule has 1 aromatic heterocycles. The van der Waals surface area contributed by atoms with Crippen LogP contribution in [-0.2, 0) is 4.74 Å². The molecular weight excluding hydrogens is 268 g/mol. The fourth-order valence-corrected chi connectivity index (χ4v) is 2.36. The van der Waals surface area contributed by atoms with E-state index in [1.807, 2.05) is 13.8 Å². The van der Waals surface area contributed by atoms with E-state index in [2.05, 4.69) is 22.1 Å². The van der Waals surface area contributed by atoms with E-state index in [1.165, 1.54) is 6.20 Å². The summed E-state index contributed by atoms with van der Waals surface area (Å²) >= 11 is 0. The third-order valence-electron chi connectivity index (χ3n) is 3.34. The molecule has 5 heteroatoms. The molecule has 1 aliphatic heterocycles. The summed E-state index contributed by atoms with van der Waals surface area (Å²) in [5.74, 6) is 5.10. The molecule has 0 radical (unpaired) electrons. The van der Waals surface area contributed by atoms with E-state index >= 15 is 0 Å². The van der Waals surface area contributed by atoms with E-state index in [0.717, 1.165) is 12.8 Å². The Kier molecular flexibility index (Phi) is 4.94. The summed E-state index contributed by atoms with van der Waals surface area (Å²) in [7, 11) is 0. The van der Waals surface area contributed by atoms with Crippen molar-refractivity contribution < 1.29 is 14.6 Å². The number of aliphatic hydroxyl groups excluding tert-OH is 1. The van der Waals surface area contributed by atoms with Crippen molar-refractivity contribution in [2.24, 2.45) is 0 Å². The number of rotatable bonds is 2. The summed E-state index contributed by atoms with van der Waals surface area (Å²) in [5, 5.41) is 11.6. The van der Waals surface area contributed by atoms with E-state index in [9.17, 15) is 4.79 Å². The normalized spacial score (nSPS) is 20.2. The molecule has 21 heavy (non-hydrogen) atoms. The summed E-state index contributed by atoms with van der Waals surface area (Å²) in [6.45, 7) is 4.51. The average molecular weight is 288 g/mol. The van der Waals surface area contributed by atoms with Gasteiger partial charge in [0.05, 0.1) is 5.60 Å². The van der Waals surface area contributed by atoms with Crippen molar-refractivity contribution in [3.63, 3.8) is 0 Å². The average Bonchev–Trinajstić information content (AvgIpc) is 2.44. The van der Waals surface area contributed by atoms with Crippen LogP contribution in [0.2, 0.25) is 0 Å². The maximum Gasteiger partial charge on any atom is 0.270 e. The molecule has 0 saturated carbocycles. The van der Waals surface area contributed by atoms with Gasteiger partial charge in [-0.05, 0) is 38.8 Å². The number of ether oxygens (including phenoxy) is 1. The van der Waals surface area contributed by atoms with E-state index in [4.69, 9.17) is 9.84 Å². The molecule has 2 heterocycles. The second kappa shape index (κ2) is 6.70. The minimum atomic E-state index is -0.201. The third-order valence-corrected chi connectivity index (χ3v) is 3.34. The molecule has 2 N–H and O–H groups in total. The SMILES string of the molecule is CC1(C)CC(NC(=O)c2ccc(C#CCO)cn2)CCO1. The second-order valence-corrected chi connectivity index (χ2v) is 5.66. The van der Waals surface area contributed by atoms with Crippen LogP contribution < -0.4 is 5.32 Å². The van der Waals surface area contributed by atoms with Crippen LogP contribution in [0, 0.1) is 11.8 Å². The lowest BCUT2D eigenvalue weighted by molar-refractivity contribution is -0.0615. The largest absolute Gasteiger partial charge is 0.384 e. The molecule has 1 unspecified atom stereocenters. The number of carbonyl (C=O) groups is 1. The summed E-state index contributed by atoms with van der Waals surface area (Å²) in [6.07, 6.45) is 3.14. The van der Waals surface area contributed by atoms with E-state index < -0.39 is 0 Å². The van der Waals surface area contributed by atoms with Crippen molar-refractivity contribution >= 4 is 5.91 Å². The third kappa shape index (κ3) is 4.55. The van der Waals surface area contributed by atoms with Gasteiger partial charge in [0.25, 0.3) is 5.91 Å². The highest BCUT2D eigenvalue weighted by Crippen LogP contribution is 2.24. The summed E-state index contributed by atoms with van der Waals surface area (Å²) in [5.41, 5.74) is 0.842. The minimum Gasteiger partial charge on any atom is -0.384 e. The molecule has 1 fully saturated rings. The zero-order valence-corrected chi connectivity index (χ0v) is 12.3. The minimum absolute atomic E-state index is 0.108. The fraction of sp³-hybridized carbons (Fsp3) is 0.500. The molecule has 1 saturated heterocycles. The highest BCUT2D eigenvalue weighted by molar-refractivity contribution is 5.92. The molecule has 0 spiro atoms. The lowest BCUT2D eigenvalue weighted by atomic mass is 9.94. The van der Waals surface area contributed by atoms with Crippen LogP contribution in [0.3, 0.4) is 0 Å². The van der Waals surface area contributed by atoms with Crippen molar-refractivity contribution in [2.75, 3.05) is 13.2 Å². The van der Waals surface area contributed by atoms with Crippen LogP contribution in [0.25, 0.3) is 0 Å². The van der Waals surface area contributed by atoms with Gasteiger partial charge >= 0.3 is 0 Å². The Hall–Kier alpha value is -1.90. The lowest BCUT2D eigenvalue weighted by Gasteiger charge is -2.35. The molecule has 1 amide bonds. The predicted molar refractivity (Wildman–Crippen MR) is 78.7 cm³/mol. The highest BCUT2D eigenvalue weighted by atomic mass is 16.5. The van der Waals surface area contributed by atoms with Crippen molar-refractivity contribution in [1.82, 2.24) is 10.3 Å². The van der Waals surface area contributed by atoms with Crippen LogP contribution in [0.1, 0.15) is 42.7 Å². The van der Waals surface area contributed by atoms with Gasteiger partial charge in [-0.2, -0.15) is 0 Å². The van der Waals surface area contributed by atoms with Crippen LogP contribution in [0.5, 0.6) is 0 Å². The van der Waals surface area contributed by atoms with E-state index in [-0.39, 0.29) is 24.2 Å². The molecular formula is C16H20N2O3. The zero-order chi connectivity index (χ0) is 15.3. The van der Waals surface area contributed by atoms with Crippen molar-refractivity contribution in [2.45, 2.75) is 38.3 Å².